The smallest absolute Gasteiger partial charge is 0.419 e. The Bertz CT molecular complexity index is 583. The Morgan fingerprint density at radius 1 is 1.11 bits per heavy atom. The van der Waals surface area contributed by atoms with Crippen LogP contribution in [-0.2, 0) is 6.18 Å². The van der Waals surface area contributed by atoms with Gasteiger partial charge >= 0.3 is 6.18 Å². The summed E-state index contributed by atoms with van der Waals surface area (Å²) in [7, 11) is 0. The summed E-state index contributed by atoms with van der Waals surface area (Å²) < 4.78 is 55.6. The Kier molecular flexibility index (Phi) is 3.61. The van der Waals surface area contributed by atoms with Gasteiger partial charge in [-0.2, -0.15) is 13.2 Å². The van der Waals surface area contributed by atoms with E-state index in [1.54, 1.807) is 0 Å². The van der Waals surface area contributed by atoms with Crippen molar-refractivity contribution in [3.63, 3.8) is 0 Å². The Balaban J connectivity index is 2.29. The summed E-state index contributed by atoms with van der Waals surface area (Å²) in [4.78, 5) is 3.76. The number of ether oxygens (including phenoxy) is 1. The van der Waals surface area contributed by atoms with Crippen LogP contribution >= 0.6 is 11.6 Å². The van der Waals surface area contributed by atoms with Gasteiger partial charge in [-0.15, -0.1) is 0 Å². The van der Waals surface area contributed by atoms with Gasteiger partial charge in [0.05, 0.1) is 10.6 Å². The maximum Gasteiger partial charge on any atom is 0.419 e. The molecule has 100 valence electrons. The molecule has 1 aromatic heterocycles. The van der Waals surface area contributed by atoms with Gasteiger partial charge < -0.3 is 4.74 Å². The highest BCUT2D eigenvalue weighted by Gasteiger charge is 2.34. The van der Waals surface area contributed by atoms with Crippen molar-refractivity contribution < 1.29 is 22.3 Å². The van der Waals surface area contributed by atoms with Crippen molar-refractivity contribution in [1.82, 2.24) is 4.98 Å². The van der Waals surface area contributed by atoms with Crippen LogP contribution in [0.15, 0.2) is 36.5 Å². The van der Waals surface area contributed by atoms with Gasteiger partial charge in [0.25, 0.3) is 0 Å². The van der Waals surface area contributed by atoms with Crippen molar-refractivity contribution in [3.8, 4) is 11.6 Å². The van der Waals surface area contributed by atoms with Crippen molar-refractivity contribution in [1.29, 1.82) is 0 Å². The quantitative estimate of drug-likeness (QED) is 0.749. The minimum absolute atomic E-state index is 0.0594. The van der Waals surface area contributed by atoms with E-state index < -0.39 is 17.6 Å². The third-order valence-corrected chi connectivity index (χ3v) is 2.39. The molecule has 0 saturated carbocycles. The summed E-state index contributed by atoms with van der Waals surface area (Å²) in [6, 6.07) is 5.21. The Hall–Kier alpha value is -1.82. The Morgan fingerprint density at radius 2 is 1.84 bits per heavy atom. The number of aromatic nitrogens is 1. The predicted molar refractivity (Wildman–Crippen MR) is 60.7 cm³/mol. The Morgan fingerprint density at radius 3 is 2.42 bits per heavy atom. The van der Waals surface area contributed by atoms with E-state index in [0.29, 0.717) is 17.2 Å². The van der Waals surface area contributed by atoms with Crippen molar-refractivity contribution in [2.75, 3.05) is 0 Å². The first-order valence-electron chi connectivity index (χ1n) is 5.02. The fraction of sp³-hybridized carbons (Fsp3) is 0.0833. The largest absolute Gasteiger partial charge is 0.439 e. The van der Waals surface area contributed by atoms with Gasteiger partial charge in [-0.3, -0.25) is 0 Å². The molecule has 0 bridgehead atoms. The monoisotopic (exact) mass is 291 g/mol. The van der Waals surface area contributed by atoms with Crippen molar-refractivity contribution in [3.05, 3.63) is 52.9 Å². The van der Waals surface area contributed by atoms with E-state index >= 15 is 0 Å². The predicted octanol–water partition coefficient (Wildman–Crippen LogP) is 4.69. The molecular weight excluding hydrogens is 286 g/mol. The third-order valence-electron chi connectivity index (χ3n) is 2.17. The molecule has 0 aliphatic carbocycles. The number of hydrogen-bond donors (Lipinski definition) is 0. The molecule has 2 aromatic rings. The fourth-order valence-electron chi connectivity index (χ4n) is 1.33. The van der Waals surface area contributed by atoms with E-state index in [1.807, 2.05) is 0 Å². The van der Waals surface area contributed by atoms with Gasteiger partial charge in [-0.05, 0) is 24.3 Å². The molecule has 0 N–H and O–H groups in total. The van der Waals surface area contributed by atoms with Crippen LogP contribution in [-0.4, -0.2) is 4.98 Å². The van der Waals surface area contributed by atoms with Crippen molar-refractivity contribution in [2.45, 2.75) is 6.18 Å². The summed E-state index contributed by atoms with van der Waals surface area (Å²) >= 11 is 5.60. The second-order valence-corrected chi connectivity index (χ2v) is 3.99. The number of alkyl halides is 3. The molecule has 1 aromatic carbocycles. The fourth-order valence-corrected chi connectivity index (χ4v) is 1.44. The molecule has 0 aliphatic heterocycles. The zero-order valence-corrected chi connectivity index (χ0v) is 9.97. The summed E-state index contributed by atoms with van der Waals surface area (Å²) in [5.41, 5.74) is -1.39. The second kappa shape index (κ2) is 5.05. The van der Waals surface area contributed by atoms with E-state index in [9.17, 15) is 17.6 Å². The van der Waals surface area contributed by atoms with Crippen LogP contribution in [0.1, 0.15) is 5.56 Å². The number of nitrogens with zero attached hydrogens (tertiary/aromatic N) is 1. The first kappa shape index (κ1) is 13.6. The molecule has 7 heteroatoms. The topological polar surface area (TPSA) is 22.1 Å². The lowest BCUT2D eigenvalue weighted by atomic mass is 10.2. The van der Waals surface area contributed by atoms with Crippen molar-refractivity contribution >= 4 is 11.6 Å². The molecule has 0 spiro atoms. The summed E-state index contributed by atoms with van der Waals surface area (Å²) in [6.45, 7) is 0. The van der Waals surface area contributed by atoms with E-state index in [-0.39, 0.29) is 11.6 Å². The van der Waals surface area contributed by atoms with Gasteiger partial charge in [0.15, 0.2) is 0 Å². The van der Waals surface area contributed by atoms with E-state index in [2.05, 4.69) is 4.98 Å². The maximum atomic E-state index is 13.0. The van der Waals surface area contributed by atoms with E-state index in [0.717, 1.165) is 6.07 Å². The van der Waals surface area contributed by atoms with Crippen LogP contribution in [0.3, 0.4) is 0 Å². The molecule has 0 atom stereocenters. The normalized spacial score (nSPS) is 11.4. The standard InChI is InChI=1S/C12H6ClF4NO/c13-7-1-4-11(18-6-7)19-8-2-3-10(14)9(5-8)12(15,16)17/h1-6H. The number of rotatable bonds is 2. The lowest BCUT2D eigenvalue weighted by molar-refractivity contribution is -0.140. The number of pyridine rings is 1. The summed E-state index contributed by atoms with van der Waals surface area (Å²) in [5, 5.41) is 0.363. The highest BCUT2D eigenvalue weighted by molar-refractivity contribution is 6.30. The molecule has 2 rings (SSSR count). The summed E-state index contributed by atoms with van der Waals surface area (Å²) in [5.74, 6) is -1.46. The van der Waals surface area contributed by atoms with Crippen LogP contribution in [0, 0.1) is 5.82 Å². The van der Waals surface area contributed by atoms with Crippen LogP contribution in [0.2, 0.25) is 5.02 Å². The average molecular weight is 292 g/mol. The van der Waals surface area contributed by atoms with Gasteiger partial charge in [0.2, 0.25) is 5.88 Å². The van der Waals surface area contributed by atoms with Crippen LogP contribution in [0.4, 0.5) is 17.6 Å². The highest BCUT2D eigenvalue weighted by atomic mass is 35.5. The molecule has 0 fully saturated rings. The lowest BCUT2D eigenvalue weighted by Gasteiger charge is -2.10. The molecule has 2 nitrogen and oxygen atoms in total. The number of halogens is 5. The number of benzene rings is 1. The average Bonchev–Trinajstić information content (AvgIpc) is 2.33. The zero-order chi connectivity index (χ0) is 14.0. The molecule has 1 heterocycles. The molecule has 0 unspecified atom stereocenters. The van der Waals surface area contributed by atoms with Gasteiger partial charge in [0, 0.05) is 12.3 Å². The van der Waals surface area contributed by atoms with Gasteiger partial charge in [-0.25, -0.2) is 9.37 Å². The SMILES string of the molecule is Fc1ccc(Oc2ccc(Cl)cn2)cc1C(F)(F)F. The molecule has 0 amide bonds. The molecule has 0 saturated heterocycles. The Labute approximate surface area is 110 Å². The minimum Gasteiger partial charge on any atom is -0.439 e. The van der Waals surface area contributed by atoms with Crippen LogP contribution in [0.25, 0.3) is 0 Å². The van der Waals surface area contributed by atoms with Crippen LogP contribution in [0.5, 0.6) is 11.6 Å². The first-order valence-corrected chi connectivity index (χ1v) is 5.40. The minimum atomic E-state index is -4.78. The molecular formula is C12H6ClF4NO. The molecule has 0 aliphatic rings. The van der Waals surface area contributed by atoms with Crippen molar-refractivity contribution in [2.24, 2.45) is 0 Å². The zero-order valence-electron chi connectivity index (χ0n) is 9.21. The summed E-state index contributed by atoms with van der Waals surface area (Å²) in [6.07, 6.45) is -3.50. The van der Waals surface area contributed by atoms with E-state index in [1.165, 1.54) is 18.3 Å². The van der Waals surface area contributed by atoms with E-state index in [4.69, 9.17) is 16.3 Å². The van der Waals surface area contributed by atoms with Gasteiger partial charge in [-0.1, -0.05) is 11.6 Å². The first-order chi connectivity index (χ1) is 8.86. The highest BCUT2D eigenvalue weighted by Crippen LogP contribution is 2.34. The number of hydrogen-bond acceptors (Lipinski definition) is 2. The maximum absolute atomic E-state index is 13.0. The van der Waals surface area contributed by atoms with Gasteiger partial charge in [0.1, 0.15) is 11.6 Å². The second-order valence-electron chi connectivity index (χ2n) is 3.56. The molecule has 19 heavy (non-hydrogen) atoms. The molecule has 0 radical (unpaired) electrons. The third kappa shape index (κ3) is 3.35. The lowest BCUT2D eigenvalue weighted by Crippen LogP contribution is -2.08. The van der Waals surface area contributed by atoms with Crippen LogP contribution < -0.4 is 4.74 Å².